The summed E-state index contributed by atoms with van der Waals surface area (Å²) < 4.78 is 38.8. The summed E-state index contributed by atoms with van der Waals surface area (Å²) in [6.07, 6.45) is -2.79. The van der Waals surface area contributed by atoms with E-state index in [-0.39, 0.29) is 24.1 Å². The van der Waals surface area contributed by atoms with E-state index in [1.54, 1.807) is 23.8 Å². The van der Waals surface area contributed by atoms with E-state index in [0.29, 0.717) is 51.0 Å². The maximum atomic E-state index is 13.4. The number of rotatable bonds is 3. The monoisotopic (exact) mass is 439 g/mol. The van der Waals surface area contributed by atoms with Crippen molar-refractivity contribution in [1.82, 2.24) is 14.7 Å². The third-order valence-electron chi connectivity index (χ3n) is 6.22. The van der Waals surface area contributed by atoms with Gasteiger partial charge >= 0.3 is 6.18 Å². The number of amides is 3. The number of carbonyl (C=O) groups is 3. The molecule has 2 aliphatic rings. The van der Waals surface area contributed by atoms with Gasteiger partial charge in [0.1, 0.15) is 0 Å². The predicted octanol–water partition coefficient (Wildman–Crippen LogP) is 3.09. The molecule has 0 aromatic heterocycles. The van der Waals surface area contributed by atoms with Crippen LogP contribution in [0.4, 0.5) is 13.2 Å². The highest BCUT2D eigenvalue weighted by Crippen LogP contribution is 2.38. The van der Waals surface area contributed by atoms with Crippen LogP contribution in [0, 0.1) is 5.92 Å². The molecule has 2 fully saturated rings. The van der Waals surface area contributed by atoms with Gasteiger partial charge in [0.05, 0.1) is 17.5 Å². The van der Waals surface area contributed by atoms with Crippen LogP contribution < -0.4 is 0 Å². The number of nitrogens with zero attached hydrogens (tertiary/aromatic N) is 3. The first-order valence-corrected chi connectivity index (χ1v) is 10.6. The SMILES string of the molecule is CCC(=O)N1CCCN(C(=O)C2CCC(=O)N(C)C2c2ccc(C(F)(F)F)cc2)CC1. The molecule has 170 valence electrons. The molecule has 2 aliphatic heterocycles. The van der Waals surface area contributed by atoms with Crippen molar-refractivity contribution in [3.8, 4) is 0 Å². The summed E-state index contributed by atoms with van der Waals surface area (Å²) in [5, 5.41) is 0. The Hall–Kier alpha value is -2.58. The Balaban J connectivity index is 1.81. The van der Waals surface area contributed by atoms with Crippen LogP contribution >= 0.6 is 0 Å². The van der Waals surface area contributed by atoms with Crippen molar-refractivity contribution in [2.45, 2.75) is 44.8 Å². The third-order valence-corrected chi connectivity index (χ3v) is 6.22. The van der Waals surface area contributed by atoms with Crippen LogP contribution in [0.3, 0.4) is 0 Å². The first-order valence-electron chi connectivity index (χ1n) is 10.6. The number of alkyl halides is 3. The Morgan fingerprint density at radius 1 is 1.03 bits per heavy atom. The van der Waals surface area contributed by atoms with Crippen LogP contribution in [-0.2, 0) is 20.6 Å². The van der Waals surface area contributed by atoms with Gasteiger partial charge in [0, 0.05) is 46.1 Å². The Kier molecular flexibility index (Phi) is 6.91. The smallest absolute Gasteiger partial charge is 0.341 e. The topological polar surface area (TPSA) is 60.9 Å². The molecule has 0 spiro atoms. The lowest BCUT2D eigenvalue weighted by molar-refractivity contribution is -0.147. The Bertz CT molecular complexity index is 826. The average molecular weight is 439 g/mol. The average Bonchev–Trinajstić information content (AvgIpc) is 3.00. The lowest BCUT2D eigenvalue weighted by atomic mass is 9.83. The number of hydrogen-bond donors (Lipinski definition) is 0. The molecule has 31 heavy (non-hydrogen) atoms. The molecular weight excluding hydrogens is 411 g/mol. The van der Waals surface area contributed by atoms with Gasteiger partial charge in [-0.1, -0.05) is 19.1 Å². The Morgan fingerprint density at radius 3 is 2.26 bits per heavy atom. The minimum Gasteiger partial charge on any atom is -0.341 e. The largest absolute Gasteiger partial charge is 0.416 e. The molecule has 2 heterocycles. The second-order valence-electron chi connectivity index (χ2n) is 8.13. The van der Waals surface area contributed by atoms with Crippen molar-refractivity contribution in [3.63, 3.8) is 0 Å². The van der Waals surface area contributed by atoms with Gasteiger partial charge < -0.3 is 14.7 Å². The highest BCUT2D eigenvalue weighted by atomic mass is 19.4. The van der Waals surface area contributed by atoms with Crippen LogP contribution in [0.25, 0.3) is 0 Å². The minimum absolute atomic E-state index is 0.0555. The van der Waals surface area contributed by atoms with Gasteiger partial charge in [0.2, 0.25) is 17.7 Å². The van der Waals surface area contributed by atoms with E-state index < -0.39 is 23.7 Å². The predicted molar refractivity (Wildman–Crippen MR) is 108 cm³/mol. The molecule has 1 aromatic rings. The summed E-state index contributed by atoms with van der Waals surface area (Å²) in [6.45, 7) is 3.80. The number of benzene rings is 1. The summed E-state index contributed by atoms with van der Waals surface area (Å²) in [4.78, 5) is 42.7. The number of halogens is 3. The fourth-order valence-electron chi connectivity index (χ4n) is 4.47. The summed E-state index contributed by atoms with van der Waals surface area (Å²) in [6, 6.07) is 4.07. The lowest BCUT2D eigenvalue weighted by Crippen LogP contribution is -2.48. The molecule has 0 saturated carbocycles. The summed E-state index contributed by atoms with van der Waals surface area (Å²) in [7, 11) is 1.59. The molecular formula is C22H28F3N3O3. The highest BCUT2D eigenvalue weighted by molar-refractivity contribution is 5.85. The lowest BCUT2D eigenvalue weighted by Gasteiger charge is -2.40. The first kappa shape index (κ1) is 23.1. The van der Waals surface area contributed by atoms with Crippen molar-refractivity contribution in [2.75, 3.05) is 33.2 Å². The van der Waals surface area contributed by atoms with Crippen LogP contribution in [0.1, 0.15) is 49.8 Å². The Morgan fingerprint density at radius 2 is 1.65 bits per heavy atom. The standard InChI is InChI=1S/C22H28F3N3O3/c1-3-18(29)27-11-4-12-28(14-13-27)21(31)17-9-10-19(30)26(2)20(17)15-5-7-16(8-6-15)22(23,24)25/h5-8,17,20H,3-4,9-14H2,1-2H3. The van der Waals surface area contributed by atoms with E-state index in [0.717, 1.165) is 12.1 Å². The number of carbonyl (C=O) groups excluding carboxylic acids is 3. The summed E-state index contributed by atoms with van der Waals surface area (Å²) in [5.41, 5.74) is -0.253. The molecule has 1 aromatic carbocycles. The zero-order chi connectivity index (χ0) is 22.8. The van der Waals surface area contributed by atoms with Gasteiger partial charge in [-0.3, -0.25) is 14.4 Å². The fraction of sp³-hybridized carbons (Fsp3) is 0.591. The molecule has 0 radical (unpaired) electrons. The van der Waals surface area contributed by atoms with Gasteiger partial charge in [0.25, 0.3) is 0 Å². The van der Waals surface area contributed by atoms with Gasteiger partial charge in [-0.25, -0.2) is 0 Å². The van der Waals surface area contributed by atoms with Crippen molar-refractivity contribution < 1.29 is 27.6 Å². The second-order valence-corrected chi connectivity index (χ2v) is 8.13. The van der Waals surface area contributed by atoms with E-state index in [1.165, 1.54) is 17.0 Å². The van der Waals surface area contributed by atoms with E-state index in [4.69, 9.17) is 0 Å². The maximum Gasteiger partial charge on any atom is 0.416 e. The number of likely N-dealkylation sites (tertiary alicyclic amines) is 1. The van der Waals surface area contributed by atoms with E-state index >= 15 is 0 Å². The maximum absolute atomic E-state index is 13.4. The van der Waals surface area contributed by atoms with Crippen LogP contribution in [0.15, 0.2) is 24.3 Å². The van der Waals surface area contributed by atoms with Crippen LogP contribution in [-0.4, -0.2) is 65.6 Å². The third kappa shape index (κ3) is 5.02. The molecule has 3 amide bonds. The molecule has 2 saturated heterocycles. The highest BCUT2D eigenvalue weighted by Gasteiger charge is 2.41. The molecule has 3 rings (SSSR count). The summed E-state index contributed by atoms with van der Waals surface area (Å²) in [5.74, 6) is -0.729. The molecule has 2 atom stereocenters. The van der Waals surface area contributed by atoms with E-state index in [9.17, 15) is 27.6 Å². The molecule has 0 aliphatic carbocycles. The first-order chi connectivity index (χ1) is 14.6. The number of hydrogen-bond acceptors (Lipinski definition) is 3. The zero-order valence-electron chi connectivity index (χ0n) is 17.8. The molecule has 2 unspecified atom stereocenters. The summed E-state index contributed by atoms with van der Waals surface area (Å²) >= 11 is 0. The quantitative estimate of drug-likeness (QED) is 0.727. The van der Waals surface area contributed by atoms with Crippen molar-refractivity contribution in [1.29, 1.82) is 0 Å². The van der Waals surface area contributed by atoms with Crippen molar-refractivity contribution in [3.05, 3.63) is 35.4 Å². The van der Waals surface area contributed by atoms with Crippen LogP contribution in [0.5, 0.6) is 0 Å². The van der Waals surface area contributed by atoms with Crippen molar-refractivity contribution in [2.24, 2.45) is 5.92 Å². The normalized spacial score (nSPS) is 23.0. The zero-order valence-corrected chi connectivity index (χ0v) is 17.8. The minimum atomic E-state index is -4.45. The molecule has 9 heteroatoms. The molecule has 0 bridgehead atoms. The number of piperidine rings is 1. The van der Waals surface area contributed by atoms with Gasteiger partial charge in [-0.05, 0) is 30.5 Å². The molecule has 0 N–H and O–H groups in total. The second kappa shape index (κ2) is 9.28. The Labute approximate surface area is 180 Å². The van der Waals surface area contributed by atoms with Crippen LogP contribution in [0.2, 0.25) is 0 Å². The van der Waals surface area contributed by atoms with E-state index in [2.05, 4.69) is 0 Å². The van der Waals surface area contributed by atoms with Gasteiger partial charge in [-0.2, -0.15) is 13.2 Å². The van der Waals surface area contributed by atoms with Crippen molar-refractivity contribution >= 4 is 17.7 Å². The fourth-order valence-corrected chi connectivity index (χ4v) is 4.47. The van der Waals surface area contributed by atoms with Gasteiger partial charge in [-0.15, -0.1) is 0 Å². The van der Waals surface area contributed by atoms with Gasteiger partial charge in [0.15, 0.2) is 0 Å². The van der Waals surface area contributed by atoms with E-state index in [1.807, 2.05) is 0 Å². The molecule has 6 nitrogen and oxygen atoms in total.